The molecule has 7 heteroatoms. The Labute approximate surface area is 153 Å². The first-order valence-corrected chi connectivity index (χ1v) is 8.89. The molecule has 0 saturated heterocycles. The number of fused-ring (bicyclic) bond motifs is 1. The molecular formula is C19H14N3O3S-. The van der Waals surface area contributed by atoms with E-state index in [1.165, 1.54) is 0 Å². The molecule has 2 heterocycles. The number of rotatable bonds is 5. The van der Waals surface area contributed by atoms with Gasteiger partial charge < -0.3 is 14.3 Å². The summed E-state index contributed by atoms with van der Waals surface area (Å²) in [6.45, 7) is 1.56. The second-order valence-corrected chi connectivity index (χ2v) is 7.01. The Balaban J connectivity index is 1.86. The van der Waals surface area contributed by atoms with Gasteiger partial charge in [0.15, 0.2) is 10.9 Å². The fourth-order valence-electron chi connectivity index (χ4n) is 2.61. The first-order valence-electron chi connectivity index (χ1n) is 8.01. The third-order valence-corrected chi connectivity index (χ3v) is 4.93. The molecule has 0 aliphatic heterocycles. The van der Waals surface area contributed by atoms with Gasteiger partial charge in [0, 0.05) is 16.3 Å². The normalized spacial score (nSPS) is 12.3. The molecule has 0 aliphatic rings. The van der Waals surface area contributed by atoms with Gasteiger partial charge in [-0.15, -0.1) is 10.2 Å². The Morgan fingerprint density at radius 3 is 2.58 bits per heavy atom. The number of hydrogen-bond donors (Lipinski definition) is 0. The molecule has 0 spiro atoms. The van der Waals surface area contributed by atoms with Gasteiger partial charge in [-0.25, -0.2) is 0 Å². The highest BCUT2D eigenvalue weighted by atomic mass is 32.2. The van der Waals surface area contributed by atoms with Crippen molar-refractivity contribution in [1.82, 2.24) is 14.8 Å². The van der Waals surface area contributed by atoms with Crippen LogP contribution in [0.2, 0.25) is 0 Å². The number of aliphatic carboxylic acids is 1. The fourth-order valence-corrected chi connectivity index (χ4v) is 3.41. The highest BCUT2D eigenvalue weighted by Gasteiger charge is 2.21. The van der Waals surface area contributed by atoms with E-state index in [1.807, 2.05) is 60.7 Å². The van der Waals surface area contributed by atoms with E-state index in [2.05, 4.69) is 10.2 Å². The van der Waals surface area contributed by atoms with Crippen molar-refractivity contribution in [1.29, 1.82) is 0 Å². The van der Waals surface area contributed by atoms with Crippen LogP contribution in [0.15, 0.2) is 70.2 Å². The van der Waals surface area contributed by atoms with Gasteiger partial charge >= 0.3 is 0 Å². The SMILES string of the molecule is C[C@H](Sc1nnc(-c2cc3ccccc3o2)n1-c1ccccc1)C(=O)[O-]. The number of furan rings is 1. The average Bonchev–Trinajstić information content (AvgIpc) is 3.26. The van der Waals surface area contributed by atoms with Crippen LogP contribution in [-0.4, -0.2) is 26.0 Å². The summed E-state index contributed by atoms with van der Waals surface area (Å²) < 4.78 is 7.71. The zero-order valence-corrected chi connectivity index (χ0v) is 14.6. The molecule has 0 aliphatic carbocycles. The highest BCUT2D eigenvalue weighted by Crippen LogP contribution is 2.32. The molecule has 0 radical (unpaired) electrons. The molecule has 4 rings (SSSR count). The largest absolute Gasteiger partial charge is 0.549 e. The maximum absolute atomic E-state index is 11.1. The van der Waals surface area contributed by atoms with Crippen molar-refractivity contribution >= 4 is 28.7 Å². The van der Waals surface area contributed by atoms with Gasteiger partial charge in [0.05, 0.1) is 5.97 Å². The molecule has 2 aromatic carbocycles. The van der Waals surface area contributed by atoms with Crippen LogP contribution in [0.4, 0.5) is 0 Å². The van der Waals surface area contributed by atoms with E-state index in [4.69, 9.17) is 4.42 Å². The van der Waals surface area contributed by atoms with E-state index in [0.717, 1.165) is 28.4 Å². The van der Waals surface area contributed by atoms with Gasteiger partial charge in [-0.05, 0) is 31.2 Å². The Bertz CT molecular complexity index is 1040. The third kappa shape index (κ3) is 2.97. The van der Waals surface area contributed by atoms with Crippen LogP contribution in [-0.2, 0) is 4.79 Å². The minimum atomic E-state index is -1.15. The number of hydrogen-bond acceptors (Lipinski definition) is 6. The number of carbonyl (C=O) groups excluding carboxylic acids is 1. The van der Waals surface area contributed by atoms with Crippen molar-refractivity contribution < 1.29 is 14.3 Å². The lowest BCUT2D eigenvalue weighted by Gasteiger charge is -2.13. The van der Waals surface area contributed by atoms with Crippen molar-refractivity contribution in [2.45, 2.75) is 17.3 Å². The third-order valence-electron chi connectivity index (χ3n) is 3.91. The average molecular weight is 364 g/mol. The Morgan fingerprint density at radius 1 is 1.12 bits per heavy atom. The van der Waals surface area contributed by atoms with E-state index < -0.39 is 11.2 Å². The number of thioether (sulfide) groups is 1. The highest BCUT2D eigenvalue weighted by molar-refractivity contribution is 8.00. The van der Waals surface area contributed by atoms with Crippen molar-refractivity contribution in [3.05, 3.63) is 60.7 Å². The minimum absolute atomic E-state index is 0.461. The van der Waals surface area contributed by atoms with Crippen molar-refractivity contribution in [2.75, 3.05) is 0 Å². The van der Waals surface area contributed by atoms with Crippen molar-refractivity contribution in [3.63, 3.8) is 0 Å². The van der Waals surface area contributed by atoms with Crippen LogP contribution in [0, 0.1) is 0 Å². The summed E-state index contributed by atoms with van der Waals surface area (Å²) in [6.07, 6.45) is 0. The number of benzene rings is 2. The fraction of sp³-hybridized carbons (Fsp3) is 0.105. The van der Waals surface area contributed by atoms with Gasteiger partial charge in [0.2, 0.25) is 5.82 Å². The second-order valence-electron chi connectivity index (χ2n) is 5.70. The Morgan fingerprint density at radius 2 is 1.85 bits per heavy atom. The zero-order valence-electron chi connectivity index (χ0n) is 13.8. The minimum Gasteiger partial charge on any atom is -0.549 e. The number of para-hydroxylation sites is 2. The molecule has 4 aromatic rings. The summed E-state index contributed by atoms with van der Waals surface area (Å²) in [4.78, 5) is 11.1. The molecule has 0 unspecified atom stereocenters. The van der Waals surface area contributed by atoms with E-state index in [-0.39, 0.29) is 0 Å². The van der Waals surface area contributed by atoms with Gasteiger partial charge in [0.1, 0.15) is 5.58 Å². The zero-order chi connectivity index (χ0) is 18.1. The van der Waals surface area contributed by atoms with Crippen LogP contribution in [0.5, 0.6) is 0 Å². The molecular weight excluding hydrogens is 350 g/mol. The van der Waals surface area contributed by atoms with Crippen molar-refractivity contribution in [3.8, 4) is 17.3 Å². The van der Waals surface area contributed by atoms with E-state index in [1.54, 1.807) is 11.5 Å². The molecule has 0 bridgehead atoms. The lowest BCUT2D eigenvalue weighted by atomic mass is 10.2. The van der Waals surface area contributed by atoms with Gasteiger partial charge in [-0.3, -0.25) is 4.57 Å². The summed E-state index contributed by atoms with van der Waals surface area (Å²) >= 11 is 1.08. The lowest BCUT2D eigenvalue weighted by molar-refractivity contribution is -0.304. The first kappa shape index (κ1) is 16.4. The predicted molar refractivity (Wildman–Crippen MR) is 96.9 cm³/mol. The van der Waals surface area contributed by atoms with E-state index in [9.17, 15) is 9.90 Å². The Kier molecular flexibility index (Phi) is 4.22. The molecule has 6 nitrogen and oxygen atoms in total. The molecule has 26 heavy (non-hydrogen) atoms. The van der Waals surface area contributed by atoms with Crippen LogP contribution in [0.3, 0.4) is 0 Å². The van der Waals surface area contributed by atoms with Crippen LogP contribution in [0.25, 0.3) is 28.2 Å². The summed E-state index contributed by atoms with van der Waals surface area (Å²) in [5.74, 6) is -0.0705. The summed E-state index contributed by atoms with van der Waals surface area (Å²) in [7, 11) is 0. The quantitative estimate of drug-likeness (QED) is 0.506. The molecule has 2 aromatic heterocycles. The molecule has 0 amide bonds. The molecule has 1 atom stereocenters. The van der Waals surface area contributed by atoms with Crippen LogP contribution >= 0.6 is 11.8 Å². The maximum atomic E-state index is 11.1. The van der Waals surface area contributed by atoms with E-state index >= 15 is 0 Å². The molecule has 0 fully saturated rings. The number of carboxylic acid groups (broad SMARTS) is 1. The lowest BCUT2D eigenvalue weighted by Crippen LogP contribution is -2.31. The van der Waals surface area contributed by atoms with Crippen molar-refractivity contribution in [2.24, 2.45) is 0 Å². The first-order chi connectivity index (χ1) is 12.6. The summed E-state index contributed by atoms with van der Waals surface area (Å²) in [5.41, 5.74) is 1.57. The molecule has 0 saturated carbocycles. The standard InChI is InChI=1S/C19H15N3O3S/c1-12(18(23)24)26-19-21-20-17(22(19)14-8-3-2-4-9-14)16-11-13-7-5-6-10-15(13)25-16/h2-12H,1H3,(H,23,24)/p-1/t12-/m0/s1. The van der Waals surface area contributed by atoms with E-state index in [0.29, 0.717) is 16.7 Å². The molecule has 130 valence electrons. The smallest absolute Gasteiger partial charge is 0.205 e. The summed E-state index contributed by atoms with van der Waals surface area (Å²) in [6, 6.07) is 19.1. The number of aromatic nitrogens is 3. The number of carboxylic acids is 1. The monoisotopic (exact) mass is 364 g/mol. The van der Waals surface area contributed by atoms with Gasteiger partial charge in [0.25, 0.3) is 0 Å². The molecule has 0 N–H and O–H groups in total. The summed E-state index contributed by atoms with van der Waals surface area (Å²) in [5, 5.41) is 20.2. The van der Waals surface area contributed by atoms with Crippen LogP contribution in [0.1, 0.15) is 6.92 Å². The number of carbonyl (C=O) groups is 1. The number of nitrogens with zero attached hydrogens (tertiary/aromatic N) is 3. The second kappa shape index (κ2) is 6.68. The topological polar surface area (TPSA) is 84.0 Å². The Hall–Kier alpha value is -3.06. The van der Waals surface area contributed by atoms with Gasteiger partial charge in [-0.2, -0.15) is 0 Å². The van der Waals surface area contributed by atoms with Crippen LogP contribution < -0.4 is 5.11 Å². The predicted octanol–water partition coefficient (Wildman–Crippen LogP) is 2.91. The maximum Gasteiger partial charge on any atom is 0.205 e. The van der Waals surface area contributed by atoms with Gasteiger partial charge in [-0.1, -0.05) is 48.2 Å².